The van der Waals surface area contributed by atoms with Gasteiger partial charge in [0.15, 0.2) is 23.4 Å². The third kappa shape index (κ3) is 8.02. The highest BCUT2D eigenvalue weighted by atomic mass is 19.1. The van der Waals surface area contributed by atoms with Crippen molar-refractivity contribution in [1.82, 2.24) is 0 Å². The minimum Gasteiger partial charge on any atom is -0.508 e. The van der Waals surface area contributed by atoms with E-state index in [1.54, 1.807) is 24.3 Å². The smallest absolute Gasteiger partial charge is 0.310 e. The first-order valence-corrected chi connectivity index (χ1v) is 16.2. The topological polar surface area (TPSA) is 223 Å². The normalized spacial score (nSPS) is 19.8. The summed E-state index contributed by atoms with van der Waals surface area (Å²) in [5.74, 6) is -5.84. The molecule has 3 unspecified atom stereocenters. The van der Waals surface area contributed by atoms with Crippen LogP contribution in [0.15, 0.2) is 88.1 Å². The fourth-order valence-corrected chi connectivity index (χ4v) is 5.77. The summed E-state index contributed by atoms with van der Waals surface area (Å²) in [5.41, 5.74) is 0.397. The summed E-state index contributed by atoms with van der Waals surface area (Å²) in [6.45, 7) is 0.981. The number of aliphatic hydroxyl groups excluding tert-OH is 2. The Kier molecular flexibility index (Phi) is 10.5. The van der Waals surface area contributed by atoms with Crippen LogP contribution in [0.3, 0.4) is 0 Å². The zero-order valence-corrected chi connectivity index (χ0v) is 27.8. The SMILES string of the molecule is Cc1ccc(CC(=O)OC2[C@H](Oc3c(-c4ccc(O)c(O)c4)oc4cc(O)cc(O)c4c3=O)OC(CO)C(O)[C@@H]2OC(=O)Cc2ccc(F)cc2)cc1. The van der Waals surface area contributed by atoms with E-state index < -0.39 is 107 Å². The number of hydrogen-bond donors (Lipinski definition) is 6. The number of ether oxygens (including phenoxy) is 4. The van der Waals surface area contributed by atoms with Crippen LogP contribution in [0.2, 0.25) is 0 Å². The predicted molar refractivity (Wildman–Crippen MR) is 182 cm³/mol. The summed E-state index contributed by atoms with van der Waals surface area (Å²) in [7, 11) is 0. The van der Waals surface area contributed by atoms with Gasteiger partial charge >= 0.3 is 11.9 Å². The number of halogens is 1. The van der Waals surface area contributed by atoms with E-state index in [0.29, 0.717) is 11.1 Å². The molecule has 1 aliphatic heterocycles. The summed E-state index contributed by atoms with van der Waals surface area (Å²) >= 11 is 0. The Labute approximate surface area is 299 Å². The number of benzene rings is 4. The molecule has 0 saturated carbocycles. The van der Waals surface area contributed by atoms with Crippen LogP contribution in [-0.4, -0.2) is 79.9 Å². The van der Waals surface area contributed by atoms with Gasteiger partial charge in [0.05, 0.1) is 19.4 Å². The van der Waals surface area contributed by atoms with Gasteiger partial charge < -0.3 is 54.0 Å². The van der Waals surface area contributed by atoms with Gasteiger partial charge in [0, 0.05) is 17.7 Å². The molecule has 0 radical (unpaired) electrons. The van der Waals surface area contributed by atoms with Gasteiger partial charge in [0.25, 0.3) is 0 Å². The zero-order valence-electron chi connectivity index (χ0n) is 27.8. The third-order valence-electron chi connectivity index (χ3n) is 8.45. The molecule has 2 heterocycles. The van der Waals surface area contributed by atoms with Crippen LogP contribution in [0, 0.1) is 12.7 Å². The number of carbonyl (C=O) groups excluding carboxylic acids is 2. The zero-order chi connectivity index (χ0) is 38.0. The molecular formula is C38H33FO14. The van der Waals surface area contributed by atoms with Crippen LogP contribution >= 0.6 is 0 Å². The molecule has 14 nitrogen and oxygen atoms in total. The quantitative estimate of drug-likeness (QED) is 0.0894. The van der Waals surface area contributed by atoms with E-state index in [2.05, 4.69) is 0 Å². The van der Waals surface area contributed by atoms with Gasteiger partial charge in [-0.25, -0.2) is 4.39 Å². The molecule has 6 N–H and O–H groups in total. The molecule has 276 valence electrons. The monoisotopic (exact) mass is 732 g/mol. The molecule has 4 aromatic carbocycles. The Morgan fingerprint density at radius 1 is 0.792 bits per heavy atom. The maximum absolute atomic E-state index is 14.1. The second-order valence-corrected chi connectivity index (χ2v) is 12.3. The lowest BCUT2D eigenvalue weighted by Crippen LogP contribution is -2.62. The van der Waals surface area contributed by atoms with Gasteiger partial charge in [0.2, 0.25) is 23.6 Å². The number of aromatic hydroxyl groups is 4. The highest BCUT2D eigenvalue weighted by Crippen LogP contribution is 2.40. The first-order chi connectivity index (χ1) is 25.3. The van der Waals surface area contributed by atoms with E-state index in [1.165, 1.54) is 18.2 Å². The minimum atomic E-state index is -1.93. The third-order valence-corrected chi connectivity index (χ3v) is 8.45. The molecule has 53 heavy (non-hydrogen) atoms. The largest absolute Gasteiger partial charge is 0.508 e. The maximum atomic E-state index is 14.1. The number of phenolic OH excluding ortho intramolecular Hbond substituents is 4. The molecule has 15 heteroatoms. The van der Waals surface area contributed by atoms with Crippen molar-refractivity contribution in [2.24, 2.45) is 0 Å². The van der Waals surface area contributed by atoms with Crippen molar-refractivity contribution < 1.29 is 68.0 Å². The lowest BCUT2D eigenvalue weighted by atomic mass is 9.98. The molecule has 1 saturated heterocycles. The van der Waals surface area contributed by atoms with E-state index in [4.69, 9.17) is 23.4 Å². The number of aryl methyl sites for hydroxylation is 1. The molecule has 5 atom stereocenters. The lowest BCUT2D eigenvalue weighted by molar-refractivity contribution is -0.285. The number of esters is 2. The molecule has 0 spiro atoms. The molecule has 0 aliphatic carbocycles. The summed E-state index contributed by atoms with van der Waals surface area (Å²) in [4.78, 5) is 40.7. The van der Waals surface area contributed by atoms with Crippen molar-refractivity contribution >= 4 is 22.9 Å². The second-order valence-electron chi connectivity index (χ2n) is 12.3. The van der Waals surface area contributed by atoms with Crippen molar-refractivity contribution in [2.75, 3.05) is 6.61 Å². The van der Waals surface area contributed by atoms with Crippen molar-refractivity contribution in [3.63, 3.8) is 0 Å². The van der Waals surface area contributed by atoms with Gasteiger partial charge in [-0.2, -0.15) is 0 Å². The summed E-state index contributed by atoms with van der Waals surface area (Å²) in [6, 6.07) is 17.1. The standard InChI is InChI=1S/C38H33FO14/c1-18-2-4-19(5-3-18)12-30(46)52-37-35(51-29(45)13-20-6-9-22(39)10-7-20)32(47)28(17-40)50-38(37)53-36-33(48)31-26(44)15-23(41)16-27(31)49-34(36)21-8-11-24(42)25(43)14-21/h2-11,14-16,28,32,35,37-38,40-44,47H,12-13,17H2,1H3/t28?,32?,35-,37?,38-/m0/s1. The van der Waals surface area contributed by atoms with Crippen LogP contribution < -0.4 is 10.2 Å². The molecule has 1 aromatic heterocycles. The van der Waals surface area contributed by atoms with Crippen molar-refractivity contribution in [3.8, 4) is 40.1 Å². The fourth-order valence-electron chi connectivity index (χ4n) is 5.77. The van der Waals surface area contributed by atoms with Crippen LogP contribution in [0.25, 0.3) is 22.3 Å². The first-order valence-electron chi connectivity index (χ1n) is 16.2. The average molecular weight is 733 g/mol. The van der Waals surface area contributed by atoms with Crippen LogP contribution in [0.1, 0.15) is 16.7 Å². The molecule has 6 rings (SSSR count). The Morgan fingerprint density at radius 3 is 2.04 bits per heavy atom. The number of phenols is 4. The number of hydrogen-bond acceptors (Lipinski definition) is 14. The number of rotatable bonds is 10. The van der Waals surface area contributed by atoms with E-state index in [1.807, 2.05) is 6.92 Å². The lowest BCUT2D eigenvalue weighted by Gasteiger charge is -2.42. The highest BCUT2D eigenvalue weighted by molar-refractivity contribution is 5.88. The van der Waals surface area contributed by atoms with E-state index in [0.717, 1.165) is 42.0 Å². The molecular weight excluding hydrogens is 699 g/mol. The number of aliphatic hydroxyl groups is 2. The van der Waals surface area contributed by atoms with E-state index in [-0.39, 0.29) is 17.6 Å². The fraction of sp³-hybridized carbons (Fsp3) is 0.237. The van der Waals surface area contributed by atoms with Crippen molar-refractivity contribution in [3.05, 3.63) is 112 Å². The highest BCUT2D eigenvalue weighted by Gasteiger charge is 2.51. The van der Waals surface area contributed by atoms with Gasteiger partial charge in [0.1, 0.15) is 40.5 Å². The van der Waals surface area contributed by atoms with Crippen molar-refractivity contribution in [1.29, 1.82) is 0 Å². The van der Waals surface area contributed by atoms with Gasteiger partial charge in [-0.1, -0.05) is 42.0 Å². The average Bonchev–Trinajstić information content (AvgIpc) is 3.11. The minimum absolute atomic E-state index is 0.0538. The second kappa shape index (κ2) is 15.2. The summed E-state index contributed by atoms with van der Waals surface area (Å²) < 4.78 is 42.7. The van der Waals surface area contributed by atoms with Crippen LogP contribution in [0.5, 0.6) is 28.7 Å². The van der Waals surface area contributed by atoms with Gasteiger partial charge in [-0.3, -0.25) is 14.4 Å². The molecule has 1 aliphatic rings. The van der Waals surface area contributed by atoms with Gasteiger partial charge in [-0.15, -0.1) is 0 Å². The van der Waals surface area contributed by atoms with E-state index >= 15 is 0 Å². The summed E-state index contributed by atoms with van der Waals surface area (Å²) in [6.07, 6.45) is -9.60. The Balaban J connectivity index is 1.44. The number of fused-ring (bicyclic) bond motifs is 1. The number of carbonyl (C=O) groups is 2. The Bertz CT molecular complexity index is 2200. The molecule has 0 bridgehead atoms. The predicted octanol–water partition coefficient (Wildman–Crippen LogP) is 3.50. The summed E-state index contributed by atoms with van der Waals surface area (Å²) in [5, 5.41) is 61.9. The van der Waals surface area contributed by atoms with E-state index in [9.17, 15) is 49.4 Å². The van der Waals surface area contributed by atoms with Crippen molar-refractivity contribution in [2.45, 2.75) is 50.5 Å². The van der Waals surface area contributed by atoms with Crippen LogP contribution in [-0.2, 0) is 36.6 Å². The maximum Gasteiger partial charge on any atom is 0.310 e. The molecule has 0 amide bonds. The molecule has 1 fully saturated rings. The van der Waals surface area contributed by atoms with Gasteiger partial charge in [-0.05, 0) is 48.4 Å². The van der Waals surface area contributed by atoms with Crippen LogP contribution in [0.4, 0.5) is 4.39 Å². The first kappa shape index (κ1) is 36.6. The molecule has 5 aromatic rings. The Hall–Kier alpha value is -6.16. The Morgan fingerprint density at radius 2 is 1.42 bits per heavy atom.